The molecule has 130 valence electrons. The lowest BCUT2D eigenvalue weighted by Gasteiger charge is -2.45. The number of hydrogen-bond donors (Lipinski definition) is 2. The van der Waals surface area contributed by atoms with Crippen molar-refractivity contribution in [2.75, 3.05) is 4.90 Å². The van der Waals surface area contributed by atoms with Gasteiger partial charge in [0.15, 0.2) is 23.3 Å². The fraction of sp³-hybridized carbons (Fsp3) is 0.429. The second-order valence-corrected chi connectivity index (χ2v) is 5.74. The zero-order valence-corrected chi connectivity index (χ0v) is 12.4. The first-order valence-corrected chi connectivity index (χ1v) is 7.29. The molecule has 0 unspecified atom stereocenters. The van der Waals surface area contributed by atoms with Gasteiger partial charge in [-0.15, -0.1) is 0 Å². The maximum absolute atomic E-state index is 14.2. The molecule has 1 aliphatic heterocycles. The predicted molar refractivity (Wildman–Crippen MR) is 77.8 cm³/mol. The first-order valence-electron chi connectivity index (χ1n) is 7.29. The first kappa shape index (κ1) is 16.5. The van der Waals surface area contributed by atoms with E-state index in [0.29, 0.717) is 25.7 Å². The van der Waals surface area contributed by atoms with Crippen molar-refractivity contribution in [2.45, 2.75) is 37.8 Å². The van der Waals surface area contributed by atoms with Gasteiger partial charge in [-0.3, -0.25) is 4.90 Å². The van der Waals surface area contributed by atoms with Gasteiger partial charge in [-0.05, 0) is 25.7 Å². The van der Waals surface area contributed by atoms with Crippen LogP contribution < -0.4 is 16.4 Å². The van der Waals surface area contributed by atoms with Gasteiger partial charge in [0.25, 0.3) is 0 Å². The van der Waals surface area contributed by atoms with Gasteiger partial charge >= 0.3 is 0 Å². The standard InChI is InChI=1S/C14H14F5N5/c15-6-7(16)9(18)11(10(19)8(6)17)24-13(21)22-12(20)23-14(24)4-2-1-3-5-14/h1-5H2,(H4,20,21,22,23). The highest BCUT2D eigenvalue weighted by Gasteiger charge is 2.46. The zero-order chi connectivity index (χ0) is 17.6. The Kier molecular flexibility index (Phi) is 3.84. The molecule has 4 N–H and O–H groups in total. The smallest absolute Gasteiger partial charge is 0.220 e. The van der Waals surface area contributed by atoms with E-state index >= 15 is 0 Å². The van der Waals surface area contributed by atoms with Gasteiger partial charge in [0, 0.05) is 0 Å². The van der Waals surface area contributed by atoms with Crippen LogP contribution in [0, 0.1) is 29.1 Å². The molecule has 1 heterocycles. The van der Waals surface area contributed by atoms with Crippen LogP contribution in [0.1, 0.15) is 32.1 Å². The summed E-state index contributed by atoms with van der Waals surface area (Å²) in [7, 11) is 0. The van der Waals surface area contributed by atoms with E-state index in [0.717, 1.165) is 11.3 Å². The number of halogens is 5. The molecule has 1 aliphatic carbocycles. The summed E-state index contributed by atoms with van der Waals surface area (Å²) >= 11 is 0. The molecule has 1 aromatic carbocycles. The number of anilines is 1. The van der Waals surface area contributed by atoms with Crippen molar-refractivity contribution in [1.82, 2.24) is 0 Å². The Morgan fingerprint density at radius 1 is 0.792 bits per heavy atom. The Bertz CT molecular complexity index is 725. The molecule has 3 rings (SSSR count). The van der Waals surface area contributed by atoms with Crippen LogP contribution in [0.2, 0.25) is 0 Å². The number of aliphatic imine (C=N–C) groups is 2. The molecule has 5 nitrogen and oxygen atoms in total. The van der Waals surface area contributed by atoms with Crippen molar-refractivity contribution in [3.05, 3.63) is 29.1 Å². The maximum atomic E-state index is 14.2. The summed E-state index contributed by atoms with van der Waals surface area (Å²) < 4.78 is 69.0. The first-order chi connectivity index (χ1) is 11.3. The molecule has 1 spiro atoms. The molecular weight excluding hydrogens is 333 g/mol. The molecule has 1 aromatic rings. The summed E-state index contributed by atoms with van der Waals surface area (Å²) in [6, 6.07) is 0. The average molecular weight is 347 g/mol. The summed E-state index contributed by atoms with van der Waals surface area (Å²) in [4.78, 5) is 8.53. The lowest BCUT2D eigenvalue weighted by molar-refractivity contribution is 0.297. The largest absolute Gasteiger partial charge is 0.369 e. The molecular formula is C14H14F5N5. The highest BCUT2D eigenvalue weighted by Crippen LogP contribution is 2.42. The minimum atomic E-state index is -2.23. The monoisotopic (exact) mass is 347 g/mol. The predicted octanol–water partition coefficient (Wildman–Crippen LogP) is 2.49. The van der Waals surface area contributed by atoms with Gasteiger partial charge < -0.3 is 11.5 Å². The third kappa shape index (κ3) is 2.28. The van der Waals surface area contributed by atoms with Gasteiger partial charge in [-0.2, -0.15) is 4.99 Å². The van der Waals surface area contributed by atoms with E-state index in [1.807, 2.05) is 0 Å². The molecule has 0 atom stereocenters. The van der Waals surface area contributed by atoms with Crippen molar-refractivity contribution in [2.24, 2.45) is 21.5 Å². The average Bonchev–Trinajstić information content (AvgIpc) is 2.54. The second-order valence-electron chi connectivity index (χ2n) is 5.74. The molecule has 10 heteroatoms. The number of benzene rings is 1. The van der Waals surface area contributed by atoms with Crippen LogP contribution in [-0.4, -0.2) is 17.6 Å². The number of hydrogen-bond acceptors (Lipinski definition) is 5. The molecule has 1 saturated carbocycles. The quantitative estimate of drug-likeness (QED) is 0.465. The van der Waals surface area contributed by atoms with E-state index in [2.05, 4.69) is 9.98 Å². The van der Waals surface area contributed by atoms with Crippen molar-refractivity contribution < 1.29 is 22.0 Å². The van der Waals surface area contributed by atoms with E-state index in [1.54, 1.807) is 0 Å². The third-order valence-corrected chi connectivity index (χ3v) is 4.26. The Morgan fingerprint density at radius 2 is 1.29 bits per heavy atom. The number of guanidine groups is 2. The lowest BCUT2D eigenvalue weighted by Crippen LogP contribution is -2.59. The molecule has 2 aliphatic rings. The highest BCUT2D eigenvalue weighted by molar-refractivity contribution is 6.05. The van der Waals surface area contributed by atoms with Crippen LogP contribution in [0.15, 0.2) is 9.98 Å². The SMILES string of the molecule is NC1=NC2(CCCCC2)N(c2c(F)c(F)c(F)c(F)c2F)C(N)=N1. The van der Waals surface area contributed by atoms with Crippen LogP contribution in [-0.2, 0) is 0 Å². The summed E-state index contributed by atoms with van der Waals surface area (Å²) in [5, 5.41) is 0. The Hall–Kier alpha value is -2.39. The van der Waals surface area contributed by atoms with Gasteiger partial charge in [-0.25, -0.2) is 26.9 Å². The van der Waals surface area contributed by atoms with E-state index in [-0.39, 0.29) is 5.96 Å². The van der Waals surface area contributed by atoms with Crippen LogP contribution in [0.4, 0.5) is 27.6 Å². The normalized spacial score (nSPS) is 20.1. The number of nitrogens with zero attached hydrogens (tertiary/aromatic N) is 3. The van der Waals surface area contributed by atoms with E-state index in [4.69, 9.17) is 11.5 Å². The molecule has 0 radical (unpaired) electrons. The summed E-state index contributed by atoms with van der Waals surface area (Å²) in [6.07, 6.45) is 2.71. The molecule has 0 saturated heterocycles. The molecule has 24 heavy (non-hydrogen) atoms. The van der Waals surface area contributed by atoms with Crippen molar-refractivity contribution in [3.8, 4) is 0 Å². The summed E-state index contributed by atoms with van der Waals surface area (Å²) in [5.41, 5.74) is 8.84. The molecule has 0 bridgehead atoms. The van der Waals surface area contributed by atoms with Crippen molar-refractivity contribution >= 4 is 17.6 Å². The minimum absolute atomic E-state index is 0.200. The summed E-state index contributed by atoms with van der Waals surface area (Å²) in [6.45, 7) is 0. The van der Waals surface area contributed by atoms with Gasteiger partial charge in [0.05, 0.1) is 0 Å². The van der Waals surface area contributed by atoms with Crippen molar-refractivity contribution in [3.63, 3.8) is 0 Å². The third-order valence-electron chi connectivity index (χ3n) is 4.26. The topological polar surface area (TPSA) is 80.0 Å². The Morgan fingerprint density at radius 3 is 1.83 bits per heavy atom. The summed E-state index contributed by atoms with van der Waals surface area (Å²) in [5.74, 6) is -11.0. The van der Waals surface area contributed by atoms with Gasteiger partial charge in [0.1, 0.15) is 11.4 Å². The molecule has 0 amide bonds. The number of nitrogens with two attached hydrogens (primary N) is 2. The van der Waals surface area contributed by atoms with Gasteiger partial charge in [0.2, 0.25) is 17.7 Å². The van der Waals surface area contributed by atoms with Crippen molar-refractivity contribution in [1.29, 1.82) is 0 Å². The number of rotatable bonds is 1. The maximum Gasteiger partial charge on any atom is 0.220 e. The zero-order valence-electron chi connectivity index (χ0n) is 12.4. The fourth-order valence-electron chi connectivity index (χ4n) is 3.23. The fourth-order valence-corrected chi connectivity index (χ4v) is 3.23. The van der Waals surface area contributed by atoms with Crippen LogP contribution in [0.5, 0.6) is 0 Å². The highest BCUT2D eigenvalue weighted by atomic mass is 19.2. The lowest BCUT2D eigenvalue weighted by atomic mass is 9.87. The van der Waals surface area contributed by atoms with Crippen LogP contribution in [0.3, 0.4) is 0 Å². The van der Waals surface area contributed by atoms with Gasteiger partial charge in [-0.1, -0.05) is 6.42 Å². The van der Waals surface area contributed by atoms with Crippen LogP contribution in [0.25, 0.3) is 0 Å². The minimum Gasteiger partial charge on any atom is -0.369 e. The molecule has 1 fully saturated rings. The van der Waals surface area contributed by atoms with Crippen LogP contribution >= 0.6 is 0 Å². The molecule has 0 aromatic heterocycles. The Labute approximate surface area is 133 Å². The second kappa shape index (κ2) is 5.60. The van der Waals surface area contributed by atoms with E-state index in [9.17, 15) is 22.0 Å². The van der Waals surface area contributed by atoms with E-state index < -0.39 is 46.4 Å². The Balaban J connectivity index is 2.25. The van der Waals surface area contributed by atoms with E-state index in [1.165, 1.54) is 0 Å².